The van der Waals surface area contributed by atoms with Crippen molar-refractivity contribution >= 4 is 40.5 Å². The molecule has 102 valence electrons. The zero-order valence-corrected chi connectivity index (χ0v) is 12.9. The lowest BCUT2D eigenvalue weighted by Crippen LogP contribution is -2.08. The van der Waals surface area contributed by atoms with Crippen molar-refractivity contribution in [3.05, 3.63) is 44.7 Å². The van der Waals surface area contributed by atoms with Gasteiger partial charge in [0.25, 0.3) is 0 Å². The van der Waals surface area contributed by atoms with Crippen molar-refractivity contribution in [1.82, 2.24) is 9.78 Å². The Hall–Kier alpha value is -0.900. The summed E-state index contributed by atoms with van der Waals surface area (Å²) in [6, 6.07) is 5.39. The first-order valence-corrected chi connectivity index (χ1v) is 7.07. The van der Waals surface area contributed by atoms with Crippen molar-refractivity contribution in [2.45, 2.75) is 26.9 Å². The van der Waals surface area contributed by atoms with Gasteiger partial charge in [0.15, 0.2) is 0 Å². The second-order valence-electron chi connectivity index (χ2n) is 4.11. The Morgan fingerprint density at radius 3 is 2.42 bits per heavy atom. The molecule has 0 saturated heterocycles. The summed E-state index contributed by atoms with van der Waals surface area (Å²) in [7, 11) is 0. The molecule has 0 bridgehead atoms. The number of rotatable bonds is 4. The molecule has 0 fully saturated rings. The van der Waals surface area contributed by atoms with Crippen molar-refractivity contribution in [2.75, 3.05) is 5.32 Å². The monoisotopic (exact) mass is 317 g/mol. The molecule has 0 spiro atoms. The van der Waals surface area contributed by atoms with Gasteiger partial charge in [0.2, 0.25) is 0 Å². The highest BCUT2D eigenvalue weighted by atomic mass is 35.5. The Balaban J connectivity index is 2.24. The number of hydrogen-bond acceptors (Lipinski definition) is 2. The predicted octanol–water partition coefficient (Wildman–Crippen LogP) is 4.78. The van der Waals surface area contributed by atoms with Crippen LogP contribution in [-0.4, -0.2) is 9.78 Å². The van der Waals surface area contributed by atoms with E-state index in [0.717, 1.165) is 17.9 Å². The first-order valence-electron chi connectivity index (χ1n) is 5.94. The lowest BCUT2D eigenvalue weighted by atomic mass is 10.3. The van der Waals surface area contributed by atoms with E-state index in [1.807, 2.05) is 24.6 Å². The Kier molecular flexibility index (Phi) is 4.61. The van der Waals surface area contributed by atoms with Crippen LogP contribution in [0.25, 0.3) is 0 Å². The molecule has 0 atom stereocenters. The fourth-order valence-electron chi connectivity index (χ4n) is 1.88. The van der Waals surface area contributed by atoms with Gasteiger partial charge in [0.05, 0.1) is 38.7 Å². The fourth-order valence-corrected chi connectivity index (χ4v) is 2.61. The number of anilines is 1. The third-order valence-electron chi connectivity index (χ3n) is 2.85. The van der Waals surface area contributed by atoms with Crippen LogP contribution in [0.15, 0.2) is 18.2 Å². The molecule has 1 N–H and O–H groups in total. The van der Waals surface area contributed by atoms with Crippen LogP contribution in [0.2, 0.25) is 15.1 Å². The molecule has 1 aromatic heterocycles. The average molecular weight is 319 g/mol. The van der Waals surface area contributed by atoms with Crippen molar-refractivity contribution in [3.63, 3.8) is 0 Å². The number of aromatic nitrogens is 2. The highest BCUT2D eigenvalue weighted by molar-refractivity contribution is 6.39. The van der Waals surface area contributed by atoms with Gasteiger partial charge in [-0.15, -0.1) is 0 Å². The summed E-state index contributed by atoms with van der Waals surface area (Å²) in [6.07, 6.45) is 0. The lowest BCUT2D eigenvalue weighted by molar-refractivity contribution is 0.623. The number of nitrogens with one attached hydrogen (secondary N) is 1. The van der Waals surface area contributed by atoms with Gasteiger partial charge in [0.1, 0.15) is 0 Å². The molecule has 0 amide bonds. The molecule has 0 unspecified atom stereocenters. The summed E-state index contributed by atoms with van der Waals surface area (Å²) in [5.74, 6) is 0. The summed E-state index contributed by atoms with van der Waals surface area (Å²) < 4.78 is 1.87. The number of aryl methyl sites for hydroxylation is 2. The molecule has 0 aliphatic carbocycles. The van der Waals surface area contributed by atoms with Crippen LogP contribution in [0.5, 0.6) is 0 Å². The lowest BCUT2D eigenvalue weighted by Gasteiger charge is -2.11. The molecule has 1 heterocycles. The average Bonchev–Trinajstić information content (AvgIpc) is 2.65. The summed E-state index contributed by atoms with van der Waals surface area (Å²) >= 11 is 18.5. The van der Waals surface area contributed by atoms with Crippen LogP contribution < -0.4 is 5.32 Å². The van der Waals surface area contributed by atoms with E-state index in [-0.39, 0.29) is 0 Å². The first kappa shape index (κ1) is 14.5. The zero-order chi connectivity index (χ0) is 14.0. The van der Waals surface area contributed by atoms with E-state index in [1.54, 1.807) is 12.1 Å². The van der Waals surface area contributed by atoms with Crippen molar-refractivity contribution < 1.29 is 0 Å². The summed E-state index contributed by atoms with van der Waals surface area (Å²) in [6.45, 7) is 5.20. The molecule has 19 heavy (non-hydrogen) atoms. The van der Waals surface area contributed by atoms with E-state index in [4.69, 9.17) is 34.8 Å². The molecule has 0 aliphatic rings. The maximum absolute atomic E-state index is 6.25. The maximum atomic E-state index is 6.25. The van der Waals surface area contributed by atoms with Crippen LogP contribution in [0, 0.1) is 6.92 Å². The topological polar surface area (TPSA) is 29.9 Å². The second-order valence-corrected chi connectivity index (χ2v) is 5.30. The van der Waals surface area contributed by atoms with E-state index in [2.05, 4.69) is 10.4 Å². The second kappa shape index (κ2) is 6.04. The van der Waals surface area contributed by atoms with Crippen LogP contribution in [0.4, 0.5) is 5.69 Å². The van der Waals surface area contributed by atoms with E-state index in [1.165, 1.54) is 0 Å². The van der Waals surface area contributed by atoms with Crippen molar-refractivity contribution in [2.24, 2.45) is 0 Å². The minimum atomic E-state index is 0.525. The van der Waals surface area contributed by atoms with Gasteiger partial charge in [0, 0.05) is 6.54 Å². The summed E-state index contributed by atoms with van der Waals surface area (Å²) in [5, 5.41) is 9.43. The van der Waals surface area contributed by atoms with Gasteiger partial charge in [-0.1, -0.05) is 40.9 Å². The number of benzene rings is 1. The van der Waals surface area contributed by atoms with Crippen LogP contribution in [-0.2, 0) is 13.1 Å². The Morgan fingerprint density at radius 1 is 1.21 bits per heavy atom. The highest BCUT2D eigenvalue weighted by Gasteiger charge is 2.13. The normalized spacial score (nSPS) is 10.8. The van der Waals surface area contributed by atoms with Gasteiger partial charge >= 0.3 is 0 Å². The van der Waals surface area contributed by atoms with E-state index < -0.39 is 0 Å². The van der Waals surface area contributed by atoms with E-state index in [9.17, 15) is 0 Å². The molecule has 1 aromatic carbocycles. The summed E-state index contributed by atoms with van der Waals surface area (Å²) in [5.41, 5.74) is 2.46. The SMILES string of the molecule is CCn1nc(C)c(Cl)c1CNc1c(Cl)cccc1Cl. The van der Waals surface area contributed by atoms with Gasteiger partial charge in [-0.3, -0.25) is 4.68 Å². The number of hydrogen-bond donors (Lipinski definition) is 1. The Bertz CT molecular complexity index is 573. The molecular weight excluding hydrogens is 305 g/mol. The number of nitrogens with zero attached hydrogens (tertiary/aromatic N) is 2. The third kappa shape index (κ3) is 2.99. The molecule has 2 rings (SSSR count). The van der Waals surface area contributed by atoms with Gasteiger partial charge in [-0.2, -0.15) is 5.10 Å². The van der Waals surface area contributed by atoms with Crippen LogP contribution >= 0.6 is 34.8 Å². The third-order valence-corrected chi connectivity index (χ3v) is 3.97. The molecule has 0 radical (unpaired) electrons. The van der Waals surface area contributed by atoms with Gasteiger partial charge in [-0.25, -0.2) is 0 Å². The van der Waals surface area contributed by atoms with Gasteiger partial charge < -0.3 is 5.32 Å². The van der Waals surface area contributed by atoms with E-state index >= 15 is 0 Å². The molecule has 0 saturated carbocycles. The smallest absolute Gasteiger partial charge is 0.0865 e. The molecule has 6 heteroatoms. The Labute approximate surface area is 127 Å². The largest absolute Gasteiger partial charge is 0.377 e. The van der Waals surface area contributed by atoms with Gasteiger partial charge in [-0.05, 0) is 26.0 Å². The number of halogens is 3. The number of para-hydroxylation sites is 1. The van der Waals surface area contributed by atoms with Crippen LogP contribution in [0.3, 0.4) is 0 Å². The van der Waals surface area contributed by atoms with Crippen molar-refractivity contribution in [3.8, 4) is 0 Å². The highest BCUT2D eigenvalue weighted by Crippen LogP contribution is 2.31. The molecular formula is C13H14Cl3N3. The molecule has 0 aliphatic heterocycles. The van der Waals surface area contributed by atoms with E-state index in [0.29, 0.717) is 27.3 Å². The minimum absolute atomic E-state index is 0.525. The fraction of sp³-hybridized carbons (Fsp3) is 0.308. The quantitative estimate of drug-likeness (QED) is 0.879. The molecule has 2 aromatic rings. The predicted molar refractivity (Wildman–Crippen MR) is 81.4 cm³/mol. The maximum Gasteiger partial charge on any atom is 0.0865 e. The van der Waals surface area contributed by atoms with Crippen molar-refractivity contribution in [1.29, 1.82) is 0 Å². The summed E-state index contributed by atoms with van der Waals surface area (Å²) in [4.78, 5) is 0. The standard InChI is InChI=1S/C13H14Cl3N3/c1-3-19-11(12(16)8(2)18-19)7-17-13-9(14)5-4-6-10(13)15/h4-6,17H,3,7H2,1-2H3. The zero-order valence-electron chi connectivity index (χ0n) is 10.7. The Morgan fingerprint density at radius 2 is 1.84 bits per heavy atom. The molecule has 3 nitrogen and oxygen atoms in total. The minimum Gasteiger partial charge on any atom is -0.377 e. The van der Waals surface area contributed by atoms with Crippen LogP contribution in [0.1, 0.15) is 18.3 Å². The first-order chi connectivity index (χ1) is 9.04.